The maximum absolute atomic E-state index is 10.4. The molecule has 0 saturated carbocycles. The lowest BCUT2D eigenvalue weighted by Gasteiger charge is -2.29. The summed E-state index contributed by atoms with van der Waals surface area (Å²) in [5, 5.41) is 10.4. The first-order valence-electron chi connectivity index (χ1n) is 5.90. The predicted octanol–water partition coefficient (Wildman–Crippen LogP) is 2.72. The average molecular weight is 238 g/mol. The van der Waals surface area contributed by atoms with E-state index in [1.807, 2.05) is 45.0 Å². The second-order valence-electron chi connectivity index (χ2n) is 4.72. The topological polar surface area (TPSA) is 38.7 Å². The van der Waals surface area contributed by atoms with Crippen molar-refractivity contribution in [2.24, 2.45) is 0 Å². The molecular weight excluding hydrogens is 216 g/mol. The SMILES string of the molecule is COC(C)C(C)(O)c1ccc(OC(C)C)cc1. The summed E-state index contributed by atoms with van der Waals surface area (Å²) in [6.07, 6.45) is -0.112. The summed E-state index contributed by atoms with van der Waals surface area (Å²) >= 11 is 0. The molecule has 2 atom stereocenters. The summed E-state index contributed by atoms with van der Waals surface area (Å²) in [5.74, 6) is 0.810. The maximum Gasteiger partial charge on any atom is 0.119 e. The molecule has 3 nitrogen and oxygen atoms in total. The van der Waals surface area contributed by atoms with Crippen LogP contribution >= 0.6 is 0 Å². The number of aliphatic hydroxyl groups is 1. The van der Waals surface area contributed by atoms with Gasteiger partial charge in [-0.1, -0.05) is 12.1 Å². The van der Waals surface area contributed by atoms with Crippen LogP contribution in [0.4, 0.5) is 0 Å². The van der Waals surface area contributed by atoms with E-state index in [1.165, 1.54) is 0 Å². The Labute approximate surface area is 103 Å². The minimum absolute atomic E-state index is 0.152. The molecule has 0 radical (unpaired) electrons. The zero-order chi connectivity index (χ0) is 13.1. The van der Waals surface area contributed by atoms with Gasteiger partial charge in [0.2, 0.25) is 0 Å². The molecule has 3 heteroatoms. The van der Waals surface area contributed by atoms with E-state index in [2.05, 4.69) is 0 Å². The molecule has 0 heterocycles. The van der Waals surface area contributed by atoms with Crippen LogP contribution in [0.1, 0.15) is 33.3 Å². The fourth-order valence-corrected chi connectivity index (χ4v) is 1.61. The van der Waals surface area contributed by atoms with E-state index in [4.69, 9.17) is 9.47 Å². The molecule has 0 bridgehead atoms. The van der Waals surface area contributed by atoms with E-state index >= 15 is 0 Å². The molecular formula is C14H22O3. The lowest BCUT2D eigenvalue weighted by molar-refractivity contribution is -0.0772. The van der Waals surface area contributed by atoms with Gasteiger partial charge >= 0.3 is 0 Å². The number of ether oxygens (including phenoxy) is 2. The van der Waals surface area contributed by atoms with Crippen molar-refractivity contribution in [3.63, 3.8) is 0 Å². The Balaban J connectivity index is 2.86. The van der Waals surface area contributed by atoms with Gasteiger partial charge in [-0.3, -0.25) is 0 Å². The van der Waals surface area contributed by atoms with Crippen LogP contribution in [0.25, 0.3) is 0 Å². The molecule has 1 aromatic rings. The fourth-order valence-electron chi connectivity index (χ4n) is 1.61. The van der Waals surface area contributed by atoms with Crippen molar-refractivity contribution in [1.29, 1.82) is 0 Å². The van der Waals surface area contributed by atoms with Gasteiger partial charge in [-0.25, -0.2) is 0 Å². The molecule has 0 aliphatic heterocycles. The number of rotatable bonds is 5. The van der Waals surface area contributed by atoms with Crippen molar-refractivity contribution in [3.8, 4) is 5.75 Å². The number of methoxy groups -OCH3 is 1. The molecule has 0 aliphatic carbocycles. The van der Waals surface area contributed by atoms with Gasteiger partial charge in [0.1, 0.15) is 11.4 Å². The minimum atomic E-state index is -0.995. The van der Waals surface area contributed by atoms with Gasteiger partial charge in [0.25, 0.3) is 0 Å². The van der Waals surface area contributed by atoms with Gasteiger partial charge in [0.15, 0.2) is 0 Å². The molecule has 96 valence electrons. The molecule has 0 aromatic heterocycles. The summed E-state index contributed by atoms with van der Waals surface area (Å²) < 4.78 is 10.7. The Morgan fingerprint density at radius 2 is 1.65 bits per heavy atom. The van der Waals surface area contributed by atoms with Gasteiger partial charge in [0.05, 0.1) is 12.2 Å². The second kappa shape index (κ2) is 5.52. The summed E-state index contributed by atoms with van der Waals surface area (Å²) in [4.78, 5) is 0. The van der Waals surface area contributed by atoms with Crippen molar-refractivity contribution >= 4 is 0 Å². The predicted molar refractivity (Wildman–Crippen MR) is 68.2 cm³/mol. The second-order valence-corrected chi connectivity index (χ2v) is 4.72. The van der Waals surface area contributed by atoms with Crippen LogP contribution in [0, 0.1) is 0 Å². The van der Waals surface area contributed by atoms with E-state index in [0.717, 1.165) is 11.3 Å². The summed E-state index contributed by atoms with van der Waals surface area (Å²) in [6, 6.07) is 7.47. The quantitative estimate of drug-likeness (QED) is 0.857. The Hall–Kier alpha value is -1.06. The molecule has 1 aromatic carbocycles. The highest BCUT2D eigenvalue weighted by molar-refractivity contribution is 5.31. The molecule has 0 spiro atoms. The third-order valence-electron chi connectivity index (χ3n) is 2.96. The molecule has 1 N–H and O–H groups in total. The highest BCUT2D eigenvalue weighted by Crippen LogP contribution is 2.27. The van der Waals surface area contributed by atoms with Crippen molar-refractivity contribution in [3.05, 3.63) is 29.8 Å². The summed E-state index contributed by atoms with van der Waals surface area (Å²) in [6.45, 7) is 7.56. The van der Waals surface area contributed by atoms with Gasteiger partial charge in [-0.05, 0) is 45.4 Å². The normalized spacial score (nSPS) is 16.6. The van der Waals surface area contributed by atoms with Crippen molar-refractivity contribution in [2.75, 3.05) is 7.11 Å². The largest absolute Gasteiger partial charge is 0.491 e. The summed E-state index contributed by atoms with van der Waals surface area (Å²) in [7, 11) is 1.59. The molecule has 17 heavy (non-hydrogen) atoms. The molecule has 1 rings (SSSR count). The van der Waals surface area contributed by atoms with E-state index in [-0.39, 0.29) is 12.2 Å². The van der Waals surface area contributed by atoms with Gasteiger partial charge in [-0.2, -0.15) is 0 Å². The van der Waals surface area contributed by atoms with E-state index < -0.39 is 5.60 Å². The van der Waals surface area contributed by atoms with Gasteiger partial charge in [-0.15, -0.1) is 0 Å². The molecule has 0 saturated heterocycles. The Kier molecular flexibility index (Phi) is 4.54. The Bertz CT molecular complexity index is 341. The van der Waals surface area contributed by atoms with Crippen LogP contribution in [-0.4, -0.2) is 24.4 Å². The first kappa shape index (κ1) is 14.0. The average Bonchev–Trinajstić information content (AvgIpc) is 2.27. The Morgan fingerprint density at radius 1 is 1.12 bits per heavy atom. The van der Waals surface area contributed by atoms with Crippen LogP contribution in [0.15, 0.2) is 24.3 Å². The monoisotopic (exact) mass is 238 g/mol. The van der Waals surface area contributed by atoms with Crippen LogP contribution in [0.2, 0.25) is 0 Å². The third-order valence-corrected chi connectivity index (χ3v) is 2.96. The fraction of sp³-hybridized carbons (Fsp3) is 0.571. The van der Waals surface area contributed by atoms with Gasteiger partial charge in [0, 0.05) is 7.11 Å². The number of hydrogen-bond acceptors (Lipinski definition) is 3. The van der Waals surface area contributed by atoms with Crippen LogP contribution in [0.3, 0.4) is 0 Å². The lowest BCUT2D eigenvalue weighted by atomic mass is 9.91. The van der Waals surface area contributed by atoms with Crippen molar-refractivity contribution < 1.29 is 14.6 Å². The zero-order valence-corrected chi connectivity index (χ0v) is 11.2. The standard InChI is InChI=1S/C14H22O3/c1-10(2)17-13-8-6-12(7-9-13)14(4,15)11(3)16-5/h6-11,15H,1-5H3. The molecule has 2 unspecified atom stereocenters. The zero-order valence-electron chi connectivity index (χ0n) is 11.2. The van der Waals surface area contributed by atoms with Crippen molar-refractivity contribution in [2.45, 2.75) is 45.5 Å². The third kappa shape index (κ3) is 3.45. The molecule has 0 fully saturated rings. The highest BCUT2D eigenvalue weighted by atomic mass is 16.5. The van der Waals surface area contributed by atoms with E-state index in [9.17, 15) is 5.11 Å². The minimum Gasteiger partial charge on any atom is -0.491 e. The first-order valence-corrected chi connectivity index (χ1v) is 5.90. The number of benzene rings is 1. The van der Waals surface area contributed by atoms with Crippen LogP contribution in [0.5, 0.6) is 5.75 Å². The first-order chi connectivity index (χ1) is 7.87. The van der Waals surface area contributed by atoms with E-state index in [1.54, 1.807) is 14.0 Å². The smallest absolute Gasteiger partial charge is 0.119 e. The van der Waals surface area contributed by atoms with Crippen molar-refractivity contribution in [1.82, 2.24) is 0 Å². The van der Waals surface area contributed by atoms with Crippen LogP contribution in [-0.2, 0) is 10.3 Å². The highest BCUT2D eigenvalue weighted by Gasteiger charge is 2.30. The van der Waals surface area contributed by atoms with Crippen LogP contribution < -0.4 is 4.74 Å². The lowest BCUT2D eigenvalue weighted by Crippen LogP contribution is -2.35. The maximum atomic E-state index is 10.4. The number of hydrogen-bond donors (Lipinski definition) is 1. The molecule has 0 aliphatic rings. The molecule has 0 amide bonds. The summed E-state index contributed by atoms with van der Waals surface area (Å²) in [5.41, 5.74) is -0.173. The van der Waals surface area contributed by atoms with E-state index in [0.29, 0.717) is 0 Å². The van der Waals surface area contributed by atoms with Gasteiger partial charge < -0.3 is 14.6 Å². The Morgan fingerprint density at radius 3 is 2.06 bits per heavy atom.